The number of aryl methyl sites for hydroxylation is 1. The number of fused-ring (bicyclic) bond motifs is 1. The van der Waals surface area contributed by atoms with Gasteiger partial charge >= 0.3 is 0 Å². The lowest BCUT2D eigenvalue weighted by Crippen LogP contribution is -2.26. The van der Waals surface area contributed by atoms with Crippen molar-refractivity contribution in [2.45, 2.75) is 24.5 Å². The molecule has 3 heteroatoms. The van der Waals surface area contributed by atoms with Crippen molar-refractivity contribution in [3.05, 3.63) is 23.8 Å². The third-order valence-corrected chi connectivity index (χ3v) is 3.11. The number of benzene rings is 1. The third kappa shape index (κ3) is 1.98. The van der Waals surface area contributed by atoms with Crippen molar-refractivity contribution in [2.75, 3.05) is 5.75 Å². The van der Waals surface area contributed by atoms with Gasteiger partial charge in [0.1, 0.15) is 12.0 Å². The SMILES string of the molecule is Cc1ccc2c(c1)SCCC(N)O2. The number of nitrogens with two attached hydrogens (primary N) is 1. The van der Waals surface area contributed by atoms with Crippen LogP contribution in [0, 0.1) is 6.92 Å². The molecule has 1 heterocycles. The second-order valence-electron chi connectivity index (χ2n) is 3.24. The van der Waals surface area contributed by atoms with Gasteiger partial charge in [-0.25, -0.2) is 0 Å². The molecule has 0 saturated heterocycles. The Bertz CT molecular complexity index is 314. The van der Waals surface area contributed by atoms with E-state index in [-0.39, 0.29) is 6.23 Å². The maximum atomic E-state index is 5.75. The first-order chi connectivity index (χ1) is 6.25. The molecule has 0 aromatic heterocycles. The minimum atomic E-state index is -0.142. The van der Waals surface area contributed by atoms with E-state index < -0.39 is 0 Å². The highest BCUT2D eigenvalue weighted by atomic mass is 32.2. The molecule has 2 nitrogen and oxygen atoms in total. The lowest BCUT2D eigenvalue weighted by molar-refractivity contribution is 0.204. The maximum Gasteiger partial charge on any atom is 0.148 e. The molecule has 70 valence electrons. The van der Waals surface area contributed by atoms with E-state index in [4.69, 9.17) is 10.5 Å². The van der Waals surface area contributed by atoms with Gasteiger partial charge < -0.3 is 4.74 Å². The van der Waals surface area contributed by atoms with Crippen LogP contribution in [0.4, 0.5) is 0 Å². The standard InChI is InChI=1S/C10H13NOS/c1-7-2-3-8-9(6-7)13-5-4-10(11)12-8/h2-3,6,10H,4-5,11H2,1H3. The molecular formula is C10H13NOS. The molecule has 1 aliphatic rings. The Hall–Kier alpha value is -0.670. The first-order valence-corrected chi connectivity index (χ1v) is 5.40. The highest BCUT2D eigenvalue weighted by Crippen LogP contribution is 2.33. The van der Waals surface area contributed by atoms with Gasteiger partial charge in [0, 0.05) is 17.1 Å². The first-order valence-electron chi connectivity index (χ1n) is 4.41. The molecule has 1 aliphatic heterocycles. The fourth-order valence-corrected chi connectivity index (χ4v) is 2.43. The van der Waals surface area contributed by atoms with Crippen LogP contribution in [0.5, 0.6) is 5.75 Å². The molecule has 13 heavy (non-hydrogen) atoms. The molecule has 2 rings (SSSR count). The number of hydrogen-bond donors (Lipinski definition) is 1. The molecule has 0 spiro atoms. The van der Waals surface area contributed by atoms with Crippen LogP contribution in [0.25, 0.3) is 0 Å². The van der Waals surface area contributed by atoms with E-state index in [1.165, 1.54) is 10.5 Å². The molecule has 1 unspecified atom stereocenters. The topological polar surface area (TPSA) is 35.2 Å². The monoisotopic (exact) mass is 195 g/mol. The Labute approximate surface area is 82.5 Å². The lowest BCUT2D eigenvalue weighted by atomic mass is 10.2. The summed E-state index contributed by atoms with van der Waals surface area (Å²) < 4.78 is 5.57. The van der Waals surface area contributed by atoms with Gasteiger partial charge in [0.15, 0.2) is 0 Å². The van der Waals surface area contributed by atoms with Gasteiger partial charge in [0.05, 0.1) is 0 Å². The van der Waals surface area contributed by atoms with Crippen LogP contribution in [0.1, 0.15) is 12.0 Å². The molecule has 1 aromatic rings. The molecule has 0 aliphatic carbocycles. The summed E-state index contributed by atoms with van der Waals surface area (Å²) in [6, 6.07) is 6.21. The summed E-state index contributed by atoms with van der Waals surface area (Å²) in [6.45, 7) is 2.09. The van der Waals surface area contributed by atoms with Crippen molar-refractivity contribution < 1.29 is 4.74 Å². The molecule has 1 aromatic carbocycles. The highest BCUT2D eigenvalue weighted by molar-refractivity contribution is 7.99. The van der Waals surface area contributed by atoms with Gasteiger partial charge in [-0.15, -0.1) is 11.8 Å². The average molecular weight is 195 g/mol. The second-order valence-corrected chi connectivity index (χ2v) is 4.38. The summed E-state index contributed by atoms with van der Waals surface area (Å²) in [4.78, 5) is 1.22. The van der Waals surface area contributed by atoms with Crippen LogP contribution < -0.4 is 10.5 Å². The van der Waals surface area contributed by atoms with Gasteiger partial charge in [-0.05, 0) is 24.6 Å². The molecule has 0 fully saturated rings. The van der Waals surface area contributed by atoms with Crippen LogP contribution in [0.3, 0.4) is 0 Å². The number of ether oxygens (including phenoxy) is 1. The Morgan fingerprint density at radius 1 is 1.54 bits per heavy atom. The predicted octanol–water partition coefficient (Wildman–Crippen LogP) is 2.15. The van der Waals surface area contributed by atoms with Crippen molar-refractivity contribution in [1.29, 1.82) is 0 Å². The van der Waals surface area contributed by atoms with Crippen molar-refractivity contribution in [1.82, 2.24) is 0 Å². The fraction of sp³-hybridized carbons (Fsp3) is 0.400. The van der Waals surface area contributed by atoms with Gasteiger partial charge in [-0.3, -0.25) is 5.73 Å². The predicted molar refractivity (Wildman–Crippen MR) is 55.1 cm³/mol. The quantitative estimate of drug-likeness (QED) is 0.689. The summed E-state index contributed by atoms with van der Waals surface area (Å²) in [5.74, 6) is 1.97. The lowest BCUT2D eigenvalue weighted by Gasteiger charge is -2.11. The Morgan fingerprint density at radius 2 is 2.38 bits per heavy atom. The van der Waals surface area contributed by atoms with Crippen LogP contribution in [0.15, 0.2) is 23.1 Å². The van der Waals surface area contributed by atoms with Crippen LogP contribution >= 0.6 is 11.8 Å². The van der Waals surface area contributed by atoms with Gasteiger partial charge in [0.2, 0.25) is 0 Å². The molecule has 0 amide bonds. The van der Waals surface area contributed by atoms with E-state index in [0.717, 1.165) is 17.9 Å². The molecule has 1 atom stereocenters. The Balaban J connectivity index is 2.34. The summed E-state index contributed by atoms with van der Waals surface area (Å²) in [6.07, 6.45) is 0.773. The van der Waals surface area contributed by atoms with E-state index in [1.54, 1.807) is 0 Å². The van der Waals surface area contributed by atoms with Crippen LogP contribution in [-0.2, 0) is 0 Å². The minimum absolute atomic E-state index is 0.142. The number of rotatable bonds is 0. The zero-order valence-electron chi connectivity index (χ0n) is 7.62. The summed E-state index contributed by atoms with van der Waals surface area (Å²) in [5.41, 5.74) is 7.02. The van der Waals surface area contributed by atoms with E-state index in [1.807, 2.05) is 17.8 Å². The maximum absolute atomic E-state index is 5.75. The van der Waals surface area contributed by atoms with Crippen LogP contribution in [-0.4, -0.2) is 12.0 Å². The van der Waals surface area contributed by atoms with Crippen molar-refractivity contribution in [3.8, 4) is 5.75 Å². The van der Waals surface area contributed by atoms with Crippen molar-refractivity contribution >= 4 is 11.8 Å². The Morgan fingerprint density at radius 3 is 3.23 bits per heavy atom. The summed E-state index contributed by atoms with van der Waals surface area (Å²) in [7, 11) is 0. The largest absolute Gasteiger partial charge is 0.474 e. The molecule has 0 saturated carbocycles. The zero-order chi connectivity index (χ0) is 9.26. The van der Waals surface area contributed by atoms with Crippen molar-refractivity contribution in [3.63, 3.8) is 0 Å². The van der Waals surface area contributed by atoms with E-state index in [2.05, 4.69) is 19.1 Å². The highest BCUT2D eigenvalue weighted by Gasteiger charge is 2.14. The number of hydrogen-bond acceptors (Lipinski definition) is 3. The van der Waals surface area contributed by atoms with Gasteiger partial charge in [-0.2, -0.15) is 0 Å². The van der Waals surface area contributed by atoms with Gasteiger partial charge in [-0.1, -0.05) is 6.07 Å². The van der Waals surface area contributed by atoms with Crippen LogP contribution in [0.2, 0.25) is 0 Å². The van der Waals surface area contributed by atoms with E-state index in [9.17, 15) is 0 Å². The average Bonchev–Trinajstić information content (AvgIpc) is 2.25. The Kier molecular flexibility index (Phi) is 2.47. The molecule has 2 N–H and O–H groups in total. The first kappa shape index (κ1) is 8.91. The summed E-state index contributed by atoms with van der Waals surface area (Å²) in [5, 5.41) is 0. The molecule has 0 bridgehead atoms. The van der Waals surface area contributed by atoms with E-state index >= 15 is 0 Å². The fourth-order valence-electron chi connectivity index (χ4n) is 1.33. The second kappa shape index (κ2) is 3.60. The third-order valence-electron chi connectivity index (χ3n) is 2.04. The van der Waals surface area contributed by atoms with Gasteiger partial charge in [0.25, 0.3) is 0 Å². The zero-order valence-corrected chi connectivity index (χ0v) is 8.43. The van der Waals surface area contributed by atoms with E-state index in [0.29, 0.717) is 0 Å². The number of thioether (sulfide) groups is 1. The normalized spacial score (nSPS) is 21.5. The minimum Gasteiger partial charge on any atom is -0.474 e. The molecule has 0 radical (unpaired) electrons. The smallest absolute Gasteiger partial charge is 0.148 e. The summed E-state index contributed by atoms with van der Waals surface area (Å²) >= 11 is 1.82. The molecular weight excluding hydrogens is 182 g/mol. The van der Waals surface area contributed by atoms with Crippen molar-refractivity contribution in [2.24, 2.45) is 5.73 Å².